The molecule has 0 bridgehead atoms. The molecule has 0 saturated carbocycles. The standard InChI is InChI=1S/C11H17Cl2N3/c1-6(2)7(3)5-15-11-9(13)4-8(12)10(14)16-11/h4,6-7H,5H2,1-3H3,(H3,14,15,16). The van der Waals surface area contributed by atoms with Crippen molar-refractivity contribution in [2.45, 2.75) is 20.8 Å². The molecule has 0 spiro atoms. The van der Waals surface area contributed by atoms with Crippen LogP contribution in [0.5, 0.6) is 0 Å². The second-order valence-electron chi connectivity index (χ2n) is 4.29. The summed E-state index contributed by atoms with van der Waals surface area (Å²) in [6.07, 6.45) is 0. The van der Waals surface area contributed by atoms with Crippen LogP contribution in [0.3, 0.4) is 0 Å². The van der Waals surface area contributed by atoms with Crippen molar-refractivity contribution >= 4 is 34.8 Å². The Morgan fingerprint density at radius 1 is 1.31 bits per heavy atom. The summed E-state index contributed by atoms with van der Waals surface area (Å²) >= 11 is 11.8. The number of aromatic nitrogens is 1. The van der Waals surface area contributed by atoms with E-state index in [1.807, 2.05) is 0 Å². The molecule has 0 radical (unpaired) electrons. The lowest BCUT2D eigenvalue weighted by Crippen LogP contribution is -2.17. The van der Waals surface area contributed by atoms with Crippen LogP contribution < -0.4 is 11.1 Å². The second kappa shape index (κ2) is 5.60. The molecule has 1 heterocycles. The lowest BCUT2D eigenvalue weighted by atomic mass is 9.98. The van der Waals surface area contributed by atoms with Crippen LogP contribution in [-0.2, 0) is 0 Å². The maximum atomic E-state index is 6.00. The smallest absolute Gasteiger partial charge is 0.147 e. The zero-order valence-electron chi connectivity index (χ0n) is 9.72. The minimum absolute atomic E-state index is 0.297. The number of anilines is 2. The Morgan fingerprint density at radius 3 is 2.50 bits per heavy atom. The van der Waals surface area contributed by atoms with Gasteiger partial charge in [0.2, 0.25) is 0 Å². The van der Waals surface area contributed by atoms with Gasteiger partial charge in [-0.15, -0.1) is 0 Å². The van der Waals surface area contributed by atoms with Crippen molar-refractivity contribution in [3.8, 4) is 0 Å². The summed E-state index contributed by atoms with van der Waals surface area (Å²) in [5.74, 6) is 2.03. The van der Waals surface area contributed by atoms with Crippen molar-refractivity contribution in [3.63, 3.8) is 0 Å². The number of hydrogen-bond donors (Lipinski definition) is 2. The molecule has 0 saturated heterocycles. The van der Waals surface area contributed by atoms with Crippen molar-refractivity contribution in [3.05, 3.63) is 16.1 Å². The third kappa shape index (κ3) is 3.42. The van der Waals surface area contributed by atoms with E-state index >= 15 is 0 Å². The molecular formula is C11H17Cl2N3. The van der Waals surface area contributed by atoms with E-state index in [0.717, 1.165) is 6.54 Å². The molecule has 0 aliphatic rings. The van der Waals surface area contributed by atoms with Gasteiger partial charge in [-0.2, -0.15) is 0 Å². The van der Waals surface area contributed by atoms with Crippen LogP contribution in [0.25, 0.3) is 0 Å². The first kappa shape index (κ1) is 13.4. The molecule has 1 unspecified atom stereocenters. The summed E-state index contributed by atoms with van der Waals surface area (Å²) in [7, 11) is 0. The third-order valence-electron chi connectivity index (χ3n) is 2.69. The zero-order valence-corrected chi connectivity index (χ0v) is 11.2. The number of nitrogen functional groups attached to an aromatic ring is 1. The number of pyridine rings is 1. The number of nitrogens with one attached hydrogen (secondary N) is 1. The van der Waals surface area contributed by atoms with Gasteiger partial charge in [0.1, 0.15) is 11.6 Å². The largest absolute Gasteiger partial charge is 0.382 e. The van der Waals surface area contributed by atoms with Crippen LogP contribution in [0.15, 0.2) is 6.07 Å². The van der Waals surface area contributed by atoms with Crippen molar-refractivity contribution < 1.29 is 0 Å². The Bertz CT molecular complexity index is 366. The molecule has 0 fully saturated rings. The van der Waals surface area contributed by atoms with Crippen LogP contribution in [0.2, 0.25) is 10.0 Å². The number of hydrogen-bond acceptors (Lipinski definition) is 3. The summed E-state index contributed by atoms with van der Waals surface area (Å²) in [4.78, 5) is 4.11. The van der Waals surface area contributed by atoms with Crippen molar-refractivity contribution in [1.82, 2.24) is 4.98 Å². The molecule has 3 nitrogen and oxygen atoms in total. The van der Waals surface area contributed by atoms with E-state index in [9.17, 15) is 0 Å². The number of nitrogens with two attached hydrogens (primary N) is 1. The summed E-state index contributed by atoms with van der Waals surface area (Å²) < 4.78 is 0. The summed E-state index contributed by atoms with van der Waals surface area (Å²) in [5, 5.41) is 4.06. The zero-order chi connectivity index (χ0) is 12.3. The maximum Gasteiger partial charge on any atom is 0.147 e. The molecule has 90 valence electrons. The van der Waals surface area contributed by atoms with E-state index in [1.54, 1.807) is 6.07 Å². The monoisotopic (exact) mass is 261 g/mol. The fraction of sp³-hybridized carbons (Fsp3) is 0.545. The van der Waals surface area contributed by atoms with Gasteiger partial charge in [0.25, 0.3) is 0 Å². The summed E-state index contributed by atoms with van der Waals surface area (Å²) in [5.41, 5.74) is 5.61. The molecule has 1 atom stereocenters. The van der Waals surface area contributed by atoms with Gasteiger partial charge in [0.05, 0.1) is 10.0 Å². The van der Waals surface area contributed by atoms with Gasteiger partial charge in [0, 0.05) is 6.54 Å². The van der Waals surface area contributed by atoms with Gasteiger partial charge in [-0.3, -0.25) is 0 Å². The van der Waals surface area contributed by atoms with Gasteiger partial charge >= 0.3 is 0 Å². The molecule has 0 aromatic carbocycles. The van der Waals surface area contributed by atoms with E-state index in [0.29, 0.717) is 33.5 Å². The number of halogens is 2. The highest BCUT2D eigenvalue weighted by atomic mass is 35.5. The third-order valence-corrected chi connectivity index (χ3v) is 3.28. The summed E-state index contributed by atoms with van der Waals surface area (Å²) in [6, 6.07) is 1.60. The molecular weight excluding hydrogens is 245 g/mol. The lowest BCUT2D eigenvalue weighted by molar-refractivity contribution is 0.439. The number of rotatable bonds is 4. The molecule has 1 aromatic rings. The van der Waals surface area contributed by atoms with Gasteiger partial charge < -0.3 is 11.1 Å². The second-order valence-corrected chi connectivity index (χ2v) is 5.10. The average Bonchev–Trinajstić information content (AvgIpc) is 2.20. The molecule has 3 N–H and O–H groups in total. The first-order chi connectivity index (χ1) is 7.41. The van der Waals surface area contributed by atoms with Crippen molar-refractivity contribution in [1.29, 1.82) is 0 Å². The predicted octanol–water partition coefficient (Wildman–Crippen LogP) is 3.67. The van der Waals surface area contributed by atoms with Crippen molar-refractivity contribution in [2.75, 3.05) is 17.6 Å². The minimum atomic E-state index is 0.297. The molecule has 0 amide bonds. The maximum absolute atomic E-state index is 6.00. The Morgan fingerprint density at radius 2 is 1.94 bits per heavy atom. The molecule has 1 aromatic heterocycles. The highest BCUT2D eigenvalue weighted by molar-refractivity contribution is 6.37. The fourth-order valence-electron chi connectivity index (χ4n) is 1.10. The van der Waals surface area contributed by atoms with Crippen LogP contribution in [0, 0.1) is 11.8 Å². The quantitative estimate of drug-likeness (QED) is 0.870. The molecule has 0 aliphatic heterocycles. The molecule has 1 rings (SSSR count). The minimum Gasteiger partial charge on any atom is -0.382 e. The fourth-order valence-corrected chi connectivity index (χ4v) is 1.52. The average molecular weight is 262 g/mol. The van der Waals surface area contributed by atoms with Crippen molar-refractivity contribution in [2.24, 2.45) is 11.8 Å². The SMILES string of the molecule is CC(C)C(C)CNc1nc(N)c(Cl)cc1Cl. The van der Waals surface area contributed by atoms with Gasteiger partial charge in [-0.25, -0.2) is 4.98 Å². The Kier molecular flexibility index (Phi) is 4.69. The van der Waals surface area contributed by atoms with E-state index in [2.05, 4.69) is 31.1 Å². The Hall–Kier alpha value is -0.670. The topological polar surface area (TPSA) is 50.9 Å². The van der Waals surface area contributed by atoms with Gasteiger partial charge in [-0.1, -0.05) is 44.0 Å². The van der Waals surface area contributed by atoms with E-state index < -0.39 is 0 Å². The van der Waals surface area contributed by atoms with Crippen LogP contribution in [0.1, 0.15) is 20.8 Å². The number of nitrogens with zero attached hydrogens (tertiary/aromatic N) is 1. The Balaban J connectivity index is 2.71. The van der Waals surface area contributed by atoms with Gasteiger partial charge in [-0.05, 0) is 17.9 Å². The van der Waals surface area contributed by atoms with Crippen LogP contribution >= 0.6 is 23.2 Å². The lowest BCUT2D eigenvalue weighted by Gasteiger charge is -2.17. The molecule has 16 heavy (non-hydrogen) atoms. The van der Waals surface area contributed by atoms with Gasteiger partial charge in [0.15, 0.2) is 0 Å². The normalized spacial score (nSPS) is 12.9. The van der Waals surface area contributed by atoms with E-state index in [-0.39, 0.29) is 0 Å². The molecule has 0 aliphatic carbocycles. The highest BCUT2D eigenvalue weighted by Crippen LogP contribution is 2.27. The predicted molar refractivity (Wildman–Crippen MR) is 71.2 cm³/mol. The first-order valence-corrected chi connectivity index (χ1v) is 6.02. The summed E-state index contributed by atoms with van der Waals surface area (Å²) in [6.45, 7) is 7.34. The van der Waals surface area contributed by atoms with E-state index in [4.69, 9.17) is 28.9 Å². The van der Waals surface area contributed by atoms with Crippen LogP contribution in [-0.4, -0.2) is 11.5 Å². The van der Waals surface area contributed by atoms with E-state index in [1.165, 1.54) is 0 Å². The highest BCUT2D eigenvalue weighted by Gasteiger charge is 2.10. The molecule has 5 heteroatoms. The Labute approximate surface area is 106 Å². The first-order valence-electron chi connectivity index (χ1n) is 5.27. The van der Waals surface area contributed by atoms with Crippen LogP contribution in [0.4, 0.5) is 11.6 Å².